The first kappa shape index (κ1) is 16.9. The summed E-state index contributed by atoms with van der Waals surface area (Å²) in [7, 11) is 0. The van der Waals surface area contributed by atoms with Gasteiger partial charge in [-0.3, -0.25) is 4.90 Å². The fourth-order valence-electron chi connectivity index (χ4n) is 3.50. The molecule has 4 rings (SSSR count). The summed E-state index contributed by atoms with van der Waals surface area (Å²) in [4.78, 5) is 4.21. The van der Waals surface area contributed by atoms with Crippen molar-refractivity contribution in [2.45, 2.75) is 25.9 Å². The summed E-state index contributed by atoms with van der Waals surface area (Å²) in [5, 5.41) is 12.6. The van der Waals surface area contributed by atoms with Gasteiger partial charge in [-0.2, -0.15) is 15.0 Å². The first-order valence-electron chi connectivity index (χ1n) is 9.34. The predicted octanol–water partition coefficient (Wildman–Crippen LogP) is 2.98. The van der Waals surface area contributed by atoms with Crippen LogP contribution in [0.25, 0.3) is 5.69 Å². The normalized spacial score (nSPS) is 18.1. The summed E-state index contributed by atoms with van der Waals surface area (Å²) < 4.78 is 0. The van der Waals surface area contributed by atoms with E-state index in [0.29, 0.717) is 6.04 Å². The molecule has 0 radical (unpaired) electrons. The topological polar surface area (TPSA) is 46.0 Å². The van der Waals surface area contributed by atoms with E-state index >= 15 is 0 Å². The number of hydrogen-bond acceptors (Lipinski definition) is 4. The van der Waals surface area contributed by atoms with E-state index in [0.717, 1.165) is 44.0 Å². The van der Waals surface area contributed by atoms with Crippen molar-refractivity contribution in [2.24, 2.45) is 0 Å². The zero-order chi connectivity index (χ0) is 17.8. The Morgan fingerprint density at radius 2 is 1.88 bits per heavy atom. The zero-order valence-electron chi connectivity index (χ0n) is 15.2. The van der Waals surface area contributed by atoms with Crippen molar-refractivity contribution in [2.75, 3.05) is 19.6 Å². The van der Waals surface area contributed by atoms with Gasteiger partial charge < -0.3 is 5.32 Å². The Balaban J connectivity index is 1.51. The van der Waals surface area contributed by atoms with Crippen molar-refractivity contribution in [3.8, 4) is 5.69 Å². The van der Waals surface area contributed by atoms with E-state index in [1.54, 1.807) is 4.80 Å². The number of nitrogens with zero attached hydrogens (tertiary/aromatic N) is 4. The van der Waals surface area contributed by atoms with Gasteiger partial charge in [-0.05, 0) is 29.7 Å². The number of benzene rings is 2. The highest BCUT2D eigenvalue weighted by atomic mass is 15.5. The Morgan fingerprint density at radius 1 is 1.08 bits per heavy atom. The smallest absolute Gasteiger partial charge is 0.0972 e. The van der Waals surface area contributed by atoms with Gasteiger partial charge in [0.15, 0.2) is 0 Å². The Kier molecular flexibility index (Phi) is 5.09. The number of nitrogens with one attached hydrogen (secondary N) is 1. The molecule has 5 heteroatoms. The SMILES string of the molecule is CCc1ccc(C2CNCCN2Cc2cnn(-c3ccccc3)n2)cc1. The lowest BCUT2D eigenvalue weighted by atomic mass is 10.0. The summed E-state index contributed by atoms with van der Waals surface area (Å²) in [6.45, 7) is 6.00. The molecule has 2 aromatic carbocycles. The molecular formula is C21H25N5. The number of piperazine rings is 1. The molecule has 1 aliphatic heterocycles. The summed E-state index contributed by atoms with van der Waals surface area (Å²) in [6.07, 6.45) is 2.96. The fourth-order valence-corrected chi connectivity index (χ4v) is 3.50. The molecule has 1 unspecified atom stereocenters. The van der Waals surface area contributed by atoms with E-state index in [2.05, 4.69) is 51.6 Å². The minimum absolute atomic E-state index is 0.372. The van der Waals surface area contributed by atoms with Gasteiger partial charge in [0.1, 0.15) is 0 Å². The summed E-state index contributed by atoms with van der Waals surface area (Å²) in [6, 6.07) is 19.4. The highest BCUT2D eigenvalue weighted by Crippen LogP contribution is 2.24. The van der Waals surface area contributed by atoms with Gasteiger partial charge >= 0.3 is 0 Å². The van der Waals surface area contributed by atoms with Crippen molar-refractivity contribution < 1.29 is 0 Å². The van der Waals surface area contributed by atoms with E-state index < -0.39 is 0 Å². The molecule has 134 valence electrons. The van der Waals surface area contributed by atoms with Crippen molar-refractivity contribution in [3.63, 3.8) is 0 Å². The molecule has 1 atom stereocenters. The van der Waals surface area contributed by atoms with Gasteiger partial charge in [0.2, 0.25) is 0 Å². The lowest BCUT2D eigenvalue weighted by molar-refractivity contribution is 0.151. The van der Waals surface area contributed by atoms with Crippen LogP contribution in [-0.2, 0) is 13.0 Å². The average molecular weight is 347 g/mol. The van der Waals surface area contributed by atoms with Crippen molar-refractivity contribution in [1.82, 2.24) is 25.2 Å². The molecule has 0 aliphatic carbocycles. The second-order valence-electron chi connectivity index (χ2n) is 6.75. The molecule has 0 amide bonds. The largest absolute Gasteiger partial charge is 0.314 e. The molecular weight excluding hydrogens is 322 g/mol. The molecule has 0 bridgehead atoms. The van der Waals surface area contributed by atoms with E-state index in [-0.39, 0.29) is 0 Å². The van der Waals surface area contributed by atoms with Crippen LogP contribution in [0.1, 0.15) is 29.8 Å². The quantitative estimate of drug-likeness (QED) is 0.771. The standard InChI is InChI=1S/C21H25N5/c1-2-17-8-10-18(11-9-17)21-15-22-12-13-25(21)16-19-14-23-26(24-19)20-6-4-3-5-7-20/h3-11,14,21-22H,2,12-13,15-16H2,1H3. The summed E-state index contributed by atoms with van der Waals surface area (Å²) in [5.41, 5.74) is 4.75. The van der Waals surface area contributed by atoms with Crippen LogP contribution >= 0.6 is 0 Å². The minimum atomic E-state index is 0.372. The average Bonchev–Trinajstić information content (AvgIpc) is 3.18. The maximum atomic E-state index is 4.67. The molecule has 0 saturated carbocycles. The Morgan fingerprint density at radius 3 is 2.65 bits per heavy atom. The van der Waals surface area contributed by atoms with Crippen molar-refractivity contribution in [1.29, 1.82) is 0 Å². The lowest BCUT2D eigenvalue weighted by Crippen LogP contribution is -2.45. The number of para-hydroxylation sites is 1. The third-order valence-corrected chi connectivity index (χ3v) is 5.02. The molecule has 2 heterocycles. The number of aryl methyl sites for hydroxylation is 1. The van der Waals surface area contributed by atoms with Crippen LogP contribution in [0.5, 0.6) is 0 Å². The third kappa shape index (κ3) is 3.69. The molecule has 26 heavy (non-hydrogen) atoms. The van der Waals surface area contributed by atoms with E-state index in [4.69, 9.17) is 0 Å². The van der Waals surface area contributed by atoms with E-state index in [1.165, 1.54) is 11.1 Å². The molecule has 1 fully saturated rings. The fraction of sp³-hybridized carbons (Fsp3) is 0.333. The van der Waals surface area contributed by atoms with Gasteiger partial charge in [0, 0.05) is 32.2 Å². The van der Waals surface area contributed by atoms with Crippen molar-refractivity contribution in [3.05, 3.63) is 77.6 Å². The second kappa shape index (κ2) is 7.81. The van der Waals surface area contributed by atoms with Gasteiger partial charge in [0.05, 0.1) is 17.6 Å². The lowest BCUT2D eigenvalue weighted by Gasteiger charge is -2.36. The van der Waals surface area contributed by atoms with E-state index in [1.807, 2.05) is 36.5 Å². The van der Waals surface area contributed by atoms with Gasteiger partial charge in [-0.15, -0.1) is 0 Å². The molecule has 5 nitrogen and oxygen atoms in total. The Labute approximate surface area is 154 Å². The van der Waals surface area contributed by atoms with E-state index in [9.17, 15) is 0 Å². The Bertz CT molecular complexity index is 825. The monoisotopic (exact) mass is 347 g/mol. The first-order chi connectivity index (χ1) is 12.8. The molecule has 0 spiro atoms. The van der Waals surface area contributed by atoms with Crippen LogP contribution in [-0.4, -0.2) is 39.5 Å². The maximum absolute atomic E-state index is 4.67. The highest BCUT2D eigenvalue weighted by Gasteiger charge is 2.24. The molecule has 1 N–H and O–H groups in total. The number of hydrogen-bond donors (Lipinski definition) is 1. The molecule has 1 aromatic heterocycles. The van der Waals surface area contributed by atoms with Crippen LogP contribution in [0.4, 0.5) is 0 Å². The maximum Gasteiger partial charge on any atom is 0.0972 e. The van der Waals surface area contributed by atoms with Crippen LogP contribution in [0, 0.1) is 0 Å². The minimum Gasteiger partial charge on any atom is -0.314 e. The van der Waals surface area contributed by atoms with Gasteiger partial charge in [-0.1, -0.05) is 49.4 Å². The van der Waals surface area contributed by atoms with Crippen LogP contribution in [0.2, 0.25) is 0 Å². The number of aromatic nitrogens is 3. The highest BCUT2D eigenvalue weighted by molar-refractivity contribution is 5.29. The van der Waals surface area contributed by atoms with Crippen LogP contribution < -0.4 is 5.32 Å². The second-order valence-corrected chi connectivity index (χ2v) is 6.75. The first-order valence-corrected chi connectivity index (χ1v) is 9.34. The van der Waals surface area contributed by atoms with Gasteiger partial charge in [0.25, 0.3) is 0 Å². The van der Waals surface area contributed by atoms with Crippen LogP contribution in [0.15, 0.2) is 60.8 Å². The molecule has 1 saturated heterocycles. The summed E-state index contributed by atoms with van der Waals surface area (Å²) in [5.74, 6) is 0. The molecule has 1 aliphatic rings. The van der Waals surface area contributed by atoms with Crippen LogP contribution in [0.3, 0.4) is 0 Å². The number of rotatable bonds is 5. The third-order valence-electron chi connectivity index (χ3n) is 5.02. The Hall–Kier alpha value is -2.50. The summed E-state index contributed by atoms with van der Waals surface area (Å²) >= 11 is 0. The van der Waals surface area contributed by atoms with Gasteiger partial charge in [-0.25, -0.2) is 0 Å². The predicted molar refractivity (Wildman–Crippen MR) is 103 cm³/mol. The van der Waals surface area contributed by atoms with Crippen molar-refractivity contribution >= 4 is 0 Å². The zero-order valence-corrected chi connectivity index (χ0v) is 15.2. The molecule has 3 aromatic rings.